The minimum absolute atomic E-state index is 0.814. The summed E-state index contributed by atoms with van der Waals surface area (Å²) in [5, 5.41) is 9.15. The molecule has 0 amide bonds. The van der Waals surface area contributed by atoms with Crippen molar-refractivity contribution in [3.8, 4) is 39.1 Å². The Morgan fingerprint density at radius 2 is 0.831 bits per heavy atom. The Morgan fingerprint density at radius 1 is 0.296 bits per heavy atom. The van der Waals surface area contributed by atoms with Crippen molar-refractivity contribution in [1.29, 1.82) is 0 Å². The molecule has 0 fully saturated rings. The molecule has 0 spiro atoms. The molecule has 0 aliphatic rings. The molecule has 1 heterocycles. The Labute approximate surface area is 412 Å². The first kappa shape index (κ1) is 41.8. The molecule has 0 N–H and O–H groups in total. The molecule has 12 aromatic carbocycles. The number of anilines is 6. The molecule has 0 bridgehead atoms. The van der Waals surface area contributed by atoms with Crippen molar-refractivity contribution in [3.63, 3.8) is 0 Å². The zero-order valence-corrected chi connectivity index (χ0v) is 39.0. The maximum Gasteiger partial charge on any atom is 0.159 e. The average Bonchev–Trinajstić information content (AvgIpc) is 3.84. The summed E-state index contributed by atoms with van der Waals surface area (Å²) in [6.07, 6.45) is 0. The highest BCUT2D eigenvalue weighted by Crippen LogP contribution is 2.49. The van der Waals surface area contributed by atoms with Crippen molar-refractivity contribution in [2.45, 2.75) is 0 Å². The number of hydrogen-bond acceptors (Lipinski definition) is 4. The molecule has 0 atom stereocenters. The second-order valence-electron chi connectivity index (χ2n) is 17.9. The highest BCUT2D eigenvalue weighted by Gasteiger charge is 2.24. The highest BCUT2D eigenvalue weighted by molar-refractivity contribution is 6.25. The normalized spacial score (nSPS) is 11.5. The summed E-state index contributed by atoms with van der Waals surface area (Å²) in [6.45, 7) is 0. The summed E-state index contributed by atoms with van der Waals surface area (Å²) in [4.78, 5) is 4.71. The molecule has 0 saturated carbocycles. The first-order valence-corrected chi connectivity index (χ1v) is 24.1. The Hall–Kier alpha value is -9.38. The zero-order valence-electron chi connectivity index (χ0n) is 39.0. The molecular weight excluding hydrogens is 865 g/mol. The van der Waals surface area contributed by atoms with Crippen LogP contribution < -0.4 is 14.5 Å². The molecule has 4 heteroatoms. The molecule has 1 aromatic heterocycles. The number of hydrogen-bond donors (Lipinski definition) is 0. The third-order valence-corrected chi connectivity index (χ3v) is 13.9. The fourth-order valence-electron chi connectivity index (χ4n) is 10.7. The largest absolute Gasteiger partial charge is 0.496 e. The van der Waals surface area contributed by atoms with E-state index in [1.807, 2.05) is 6.07 Å². The lowest BCUT2D eigenvalue weighted by atomic mass is 9.89. The topological polar surface area (TPSA) is 28.9 Å². The smallest absolute Gasteiger partial charge is 0.159 e. The number of fused-ring (bicyclic) bond motifs is 8. The van der Waals surface area contributed by atoms with Crippen LogP contribution in [-0.4, -0.2) is 7.11 Å². The molecule has 13 aromatic rings. The van der Waals surface area contributed by atoms with E-state index in [9.17, 15) is 0 Å². The van der Waals surface area contributed by atoms with E-state index in [-0.39, 0.29) is 0 Å². The first-order chi connectivity index (χ1) is 35.2. The molecule has 336 valence electrons. The Balaban J connectivity index is 0.933. The van der Waals surface area contributed by atoms with Gasteiger partial charge in [0.1, 0.15) is 11.3 Å². The summed E-state index contributed by atoms with van der Waals surface area (Å²) in [7, 11) is 1.78. The van der Waals surface area contributed by atoms with E-state index in [1.54, 1.807) is 7.11 Å². The Bertz CT molecular complexity index is 4090. The van der Waals surface area contributed by atoms with Gasteiger partial charge in [-0.25, -0.2) is 0 Å². The van der Waals surface area contributed by atoms with Crippen LogP contribution in [0.1, 0.15) is 0 Å². The van der Waals surface area contributed by atoms with Crippen molar-refractivity contribution in [2.24, 2.45) is 0 Å². The monoisotopic (exact) mass is 910 g/mol. The molecular formula is C67H46N2O2. The van der Waals surface area contributed by atoms with Gasteiger partial charge in [-0.3, -0.25) is 0 Å². The zero-order chi connectivity index (χ0) is 47.3. The first-order valence-electron chi connectivity index (χ1n) is 24.1. The van der Waals surface area contributed by atoms with Crippen LogP contribution in [0.4, 0.5) is 34.1 Å². The number of ether oxygens (including phenoxy) is 1. The lowest BCUT2D eigenvalue weighted by Gasteiger charge is -2.28. The van der Waals surface area contributed by atoms with Gasteiger partial charge in [0.15, 0.2) is 5.58 Å². The SMILES string of the molecule is COc1cc(-c2ccc(N(c3ccccc3)c3ccccc3-c3ccccc3)cc2)ccc1-c1cc2c3ccccc3c(N(c3ccccc3)c3cccc4c3oc3ccccc34)cc2c2ccccc12. The van der Waals surface area contributed by atoms with E-state index in [0.717, 1.165) is 100 Å². The maximum atomic E-state index is 6.71. The number of furan rings is 1. The van der Waals surface area contributed by atoms with Gasteiger partial charge in [-0.15, -0.1) is 0 Å². The lowest BCUT2D eigenvalue weighted by Crippen LogP contribution is -2.11. The minimum atomic E-state index is 0.814. The van der Waals surface area contributed by atoms with Gasteiger partial charge in [0, 0.05) is 44.3 Å². The molecule has 4 nitrogen and oxygen atoms in total. The third-order valence-electron chi connectivity index (χ3n) is 13.9. The van der Waals surface area contributed by atoms with E-state index in [4.69, 9.17) is 9.15 Å². The second kappa shape index (κ2) is 17.6. The molecule has 0 radical (unpaired) electrons. The van der Waals surface area contributed by atoms with Gasteiger partial charge in [-0.1, -0.05) is 188 Å². The fourth-order valence-corrected chi connectivity index (χ4v) is 10.7. The number of benzene rings is 12. The molecule has 13 rings (SSSR count). The van der Waals surface area contributed by atoms with Crippen LogP contribution in [0, 0.1) is 0 Å². The number of nitrogens with zero attached hydrogens (tertiary/aromatic N) is 2. The van der Waals surface area contributed by atoms with Gasteiger partial charge in [0.25, 0.3) is 0 Å². The number of methoxy groups -OCH3 is 1. The number of rotatable bonds is 10. The molecule has 0 aliphatic carbocycles. The Morgan fingerprint density at radius 3 is 1.56 bits per heavy atom. The third kappa shape index (κ3) is 7.24. The van der Waals surface area contributed by atoms with Gasteiger partial charge in [-0.2, -0.15) is 0 Å². The number of para-hydroxylation sites is 5. The van der Waals surface area contributed by atoms with Gasteiger partial charge in [0.2, 0.25) is 0 Å². The fraction of sp³-hybridized carbons (Fsp3) is 0.0149. The van der Waals surface area contributed by atoms with Crippen molar-refractivity contribution >= 4 is 88.4 Å². The van der Waals surface area contributed by atoms with Crippen LogP contribution in [0.3, 0.4) is 0 Å². The maximum absolute atomic E-state index is 6.71. The highest BCUT2D eigenvalue weighted by atomic mass is 16.5. The van der Waals surface area contributed by atoms with Gasteiger partial charge in [0.05, 0.1) is 24.2 Å². The van der Waals surface area contributed by atoms with Crippen LogP contribution in [0.2, 0.25) is 0 Å². The lowest BCUT2D eigenvalue weighted by molar-refractivity contribution is 0.416. The standard InChI is InChI=1S/C67H46N2O2/c1-70-66-42-47(45-36-39-50(40-37-45)68(48-22-7-3-8-23-48)62-33-17-15-26-51(62)46-20-5-2-6-21-46)38-41-57(66)59-43-60-54-29-13-14-30-55(54)64(44-61(60)53-28-12-11-27-52(53)59)69(49-24-9-4-10-25-49)63-34-19-32-58-56-31-16-18-35-65(56)71-67(58)63/h2-44H,1H3. The summed E-state index contributed by atoms with van der Waals surface area (Å²) in [6, 6.07) is 93.1. The van der Waals surface area contributed by atoms with E-state index < -0.39 is 0 Å². The van der Waals surface area contributed by atoms with Crippen molar-refractivity contribution < 1.29 is 9.15 Å². The van der Waals surface area contributed by atoms with Gasteiger partial charge < -0.3 is 19.0 Å². The summed E-state index contributed by atoms with van der Waals surface area (Å²) in [5.74, 6) is 0.814. The van der Waals surface area contributed by atoms with E-state index >= 15 is 0 Å². The van der Waals surface area contributed by atoms with Gasteiger partial charge >= 0.3 is 0 Å². The van der Waals surface area contributed by atoms with Crippen molar-refractivity contribution in [1.82, 2.24) is 0 Å². The minimum Gasteiger partial charge on any atom is -0.496 e. The quantitative estimate of drug-likeness (QED) is 0.128. The van der Waals surface area contributed by atoms with E-state index in [0.29, 0.717) is 0 Å². The molecule has 0 aliphatic heterocycles. The summed E-state index contributed by atoms with van der Waals surface area (Å²) in [5.41, 5.74) is 14.8. The molecule has 0 unspecified atom stereocenters. The average molecular weight is 911 g/mol. The van der Waals surface area contributed by atoms with Crippen LogP contribution in [0.25, 0.3) is 87.6 Å². The summed E-state index contributed by atoms with van der Waals surface area (Å²) >= 11 is 0. The van der Waals surface area contributed by atoms with Crippen molar-refractivity contribution in [3.05, 3.63) is 261 Å². The van der Waals surface area contributed by atoms with Gasteiger partial charge in [-0.05, 0) is 122 Å². The molecule has 71 heavy (non-hydrogen) atoms. The van der Waals surface area contributed by atoms with E-state index in [1.165, 1.54) is 27.3 Å². The Kier molecular flexibility index (Phi) is 10.4. The van der Waals surface area contributed by atoms with Crippen LogP contribution in [-0.2, 0) is 0 Å². The van der Waals surface area contributed by atoms with E-state index in [2.05, 4.69) is 265 Å². The van der Waals surface area contributed by atoms with Crippen LogP contribution >= 0.6 is 0 Å². The molecule has 0 saturated heterocycles. The predicted molar refractivity (Wildman–Crippen MR) is 298 cm³/mol. The van der Waals surface area contributed by atoms with Crippen molar-refractivity contribution in [2.75, 3.05) is 16.9 Å². The second-order valence-corrected chi connectivity index (χ2v) is 17.9. The van der Waals surface area contributed by atoms with Crippen LogP contribution in [0.15, 0.2) is 265 Å². The predicted octanol–water partition coefficient (Wildman–Crippen LogP) is 19.0. The van der Waals surface area contributed by atoms with Crippen LogP contribution in [0.5, 0.6) is 5.75 Å². The summed E-state index contributed by atoms with van der Waals surface area (Å²) < 4.78 is 13.0.